The minimum Gasteiger partial charge on any atom is -0.389 e. The molecule has 0 aliphatic carbocycles. The Morgan fingerprint density at radius 1 is 1.21 bits per heavy atom. The van der Waals surface area contributed by atoms with Crippen LogP contribution in [0, 0.1) is 5.92 Å². The molecular weight excluding hydrogens is 242 g/mol. The molecule has 0 spiro atoms. The van der Waals surface area contributed by atoms with Crippen LogP contribution < -0.4 is 5.73 Å². The highest BCUT2D eigenvalue weighted by molar-refractivity contribution is 4.83. The maximum Gasteiger partial charge on any atom is 0.0718 e. The van der Waals surface area contributed by atoms with Gasteiger partial charge in [0.15, 0.2) is 0 Å². The zero-order valence-electron chi connectivity index (χ0n) is 12.3. The van der Waals surface area contributed by atoms with Crippen LogP contribution in [0.1, 0.15) is 20.3 Å². The van der Waals surface area contributed by atoms with Crippen molar-refractivity contribution in [3.05, 3.63) is 0 Å². The van der Waals surface area contributed by atoms with Gasteiger partial charge < -0.3 is 20.5 Å². The van der Waals surface area contributed by atoms with Gasteiger partial charge in [-0.15, -0.1) is 0 Å². The lowest BCUT2D eigenvalue weighted by Gasteiger charge is -2.40. The quantitative estimate of drug-likeness (QED) is 0.737. The largest absolute Gasteiger partial charge is 0.389 e. The van der Waals surface area contributed by atoms with E-state index in [1.807, 2.05) is 13.8 Å². The van der Waals surface area contributed by atoms with Gasteiger partial charge in [-0.2, -0.15) is 0 Å². The maximum absolute atomic E-state index is 9.84. The molecule has 0 saturated carbocycles. The second kappa shape index (κ2) is 6.50. The number of nitrogens with two attached hydrogens (primary N) is 1. The number of ether oxygens (including phenoxy) is 1. The Kier molecular flexibility index (Phi) is 5.20. The van der Waals surface area contributed by atoms with Crippen LogP contribution in [0.2, 0.25) is 0 Å². The lowest BCUT2D eigenvalue weighted by atomic mass is 9.96. The van der Waals surface area contributed by atoms with Gasteiger partial charge in [-0.25, -0.2) is 0 Å². The molecule has 0 aromatic heterocycles. The smallest absolute Gasteiger partial charge is 0.0718 e. The fraction of sp³-hybridized carbons (Fsp3) is 1.00. The monoisotopic (exact) mass is 271 g/mol. The van der Waals surface area contributed by atoms with Crippen molar-refractivity contribution >= 4 is 0 Å². The fourth-order valence-electron chi connectivity index (χ4n) is 3.01. The molecule has 5 nitrogen and oxygen atoms in total. The van der Waals surface area contributed by atoms with Crippen molar-refractivity contribution in [3.63, 3.8) is 0 Å². The first-order valence-electron chi connectivity index (χ1n) is 7.44. The molecular formula is C14H29N3O2. The minimum absolute atomic E-state index is 0.295. The highest BCUT2D eigenvalue weighted by atomic mass is 16.5. The molecule has 3 N–H and O–H groups in total. The highest BCUT2D eigenvalue weighted by Gasteiger charge is 2.27. The van der Waals surface area contributed by atoms with Crippen LogP contribution in [0.3, 0.4) is 0 Å². The standard InChI is InChI=1S/C14H29N3O2/c1-14(2,18)11-17-6-4-16(5-7-17)9-12-10-19-8-3-13(12)15/h12-13,18H,3-11,15H2,1-2H3. The Hall–Kier alpha value is -0.200. The molecule has 19 heavy (non-hydrogen) atoms. The average molecular weight is 271 g/mol. The minimum atomic E-state index is -0.596. The molecule has 2 fully saturated rings. The summed E-state index contributed by atoms with van der Waals surface area (Å²) >= 11 is 0. The molecule has 2 saturated heterocycles. The second-order valence-electron chi connectivity index (χ2n) is 6.68. The zero-order chi connectivity index (χ0) is 13.9. The van der Waals surface area contributed by atoms with Crippen LogP contribution in [0.4, 0.5) is 0 Å². The Morgan fingerprint density at radius 3 is 2.42 bits per heavy atom. The molecule has 112 valence electrons. The van der Waals surface area contributed by atoms with Crippen molar-refractivity contribution in [3.8, 4) is 0 Å². The van der Waals surface area contributed by atoms with E-state index in [-0.39, 0.29) is 0 Å². The molecule has 0 aromatic carbocycles. The van der Waals surface area contributed by atoms with Gasteiger partial charge in [0.25, 0.3) is 0 Å². The van der Waals surface area contributed by atoms with Crippen molar-refractivity contribution < 1.29 is 9.84 Å². The molecule has 2 heterocycles. The van der Waals surface area contributed by atoms with Gasteiger partial charge in [0, 0.05) is 57.8 Å². The Balaban J connectivity index is 1.71. The number of aliphatic hydroxyl groups is 1. The van der Waals surface area contributed by atoms with Gasteiger partial charge in [-0.05, 0) is 20.3 Å². The third-order valence-electron chi connectivity index (χ3n) is 4.10. The molecule has 2 aliphatic rings. The predicted molar refractivity (Wildman–Crippen MR) is 76.1 cm³/mol. The number of rotatable bonds is 4. The van der Waals surface area contributed by atoms with E-state index >= 15 is 0 Å². The van der Waals surface area contributed by atoms with Gasteiger partial charge in [-0.1, -0.05) is 0 Å². The lowest BCUT2D eigenvalue weighted by Crippen LogP contribution is -2.53. The molecule has 0 amide bonds. The highest BCUT2D eigenvalue weighted by Crippen LogP contribution is 2.16. The first kappa shape index (κ1) is 15.2. The number of hydrogen-bond acceptors (Lipinski definition) is 5. The predicted octanol–water partition coefficient (Wildman–Crippen LogP) is -0.261. The topological polar surface area (TPSA) is 62.0 Å². The van der Waals surface area contributed by atoms with Crippen molar-refractivity contribution in [1.29, 1.82) is 0 Å². The number of β-amino-alcohol motifs (C(OH)–C–C–N with tert-alkyl or cyclic N) is 1. The van der Waals surface area contributed by atoms with Gasteiger partial charge in [0.2, 0.25) is 0 Å². The van der Waals surface area contributed by atoms with E-state index in [0.717, 1.165) is 58.9 Å². The molecule has 0 radical (unpaired) electrons. The summed E-state index contributed by atoms with van der Waals surface area (Å²) in [7, 11) is 0. The van der Waals surface area contributed by atoms with E-state index in [1.165, 1.54) is 0 Å². The Labute approximate surface area is 116 Å². The molecule has 2 aliphatic heterocycles. The SMILES string of the molecule is CC(C)(O)CN1CCN(CC2COCCC2N)CC1. The van der Waals surface area contributed by atoms with Crippen molar-refractivity contribution in [2.24, 2.45) is 11.7 Å². The summed E-state index contributed by atoms with van der Waals surface area (Å²) in [6.45, 7) is 11.4. The van der Waals surface area contributed by atoms with E-state index in [1.54, 1.807) is 0 Å². The Bertz CT molecular complexity index is 272. The van der Waals surface area contributed by atoms with Gasteiger partial charge in [0.05, 0.1) is 12.2 Å². The zero-order valence-corrected chi connectivity index (χ0v) is 12.3. The molecule has 5 heteroatoms. The summed E-state index contributed by atoms with van der Waals surface area (Å²) in [6.07, 6.45) is 0.989. The first-order valence-corrected chi connectivity index (χ1v) is 7.44. The third kappa shape index (κ3) is 5.00. The summed E-state index contributed by atoms with van der Waals surface area (Å²) in [5.41, 5.74) is 5.56. The van der Waals surface area contributed by atoms with Crippen LogP contribution >= 0.6 is 0 Å². The summed E-state index contributed by atoms with van der Waals surface area (Å²) in [4.78, 5) is 4.83. The summed E-state index contributed by atoms with van der Waals surface area (Å²) in [5.74, 6) is 0.481. The van der Waals surface area contributed by atoms with Crippen LogP contribution in [-0.4, -0.2) is 79.0 Å². The van der Waals surface area contributed by atoms with E-state index in [4.69, 9.17) is 10.5 Å². The van der Waals surface area contributed by atoms with Gasteiger partial charge in [-0.3, -0.25) is 4.90 Å². The molecule has 2 unspecified atom stereocenters. The van der Waals surface area contributed by atoms with Gasteiger partial charge in [0.1, 0.15) is 0 Å². The third-order valence-corrected chi connectivity index (χ3v) is 4.10. The molecule has 0 aromatic rings. The van der Waals surface area contributed by atoms with Crippen LogP contribution in [0.25, 0.3) is 0 Å². The number of nitrogens with zero attached hydrogens (tertiary/aromatic N) is 2. The normalized spacial score (nSPS) is 31.6. The van der Waals surface area contributed by atoms with Gasteiger partial charge >= 0.3 is 0 Å². The molecule has 2 rings (SSSR count). The number of hydrogen-bond donors (Lipinski definition) is 2. The average Bonchev–Trinajstić information content (AvgIpc) is 2.33. The molecule has 2 atom stereocenters. The molecule has 0 bridgehead atoms. The summed E-state index contributed by atoms with van der Waals surface area (Å²) in [5, 5.41) is 9.84. The Morgan fingerprint density at radius 2 is 1.84 bits per heavy atom. The second-order valence-corrected chi connectivity index (χ2v) is 6.68. The fourth-order valence-corrected chi connectivity index (χ4v) is 3.01. The lowest BCUT2D eigenvalue weighted by molar-refractivity contribution is -0.000485. The van der Waals surface area contributed by atoms with Crippen LogP contribution in [-0.2, 0) is 4.74 Å². The van der Waals surface area contributed by atoms with Crippen molar-refractivity contribution in [1.82, 2.24) is 9.80 Å². The van der Waals surface area contributed by atoms with E-state index in [2.05, 4.69) is 9.80 Å². The summed E-state index contributed by atoms with van der Waals surface area (Å²) in [6, 6.07) is 0.295. The van der Waals surface area contributed by atoms with Crippen LogP contribution in [0.5, 0.6) is 0 Å². The van der Waals surface area contributed by atoms with E-state index < -0.39 is 5.60 Å². The maximum atomic E-state index is 9.84. The number of piperazine rings is 1. The van der Waals surface area contributed by atoms with E-state index in [0.29, 0.717) is 12.0 Å². The van der Waals surface area contributed by atoms with Crippen LogP contribution in [0.15, 0.2) is 0 Å². The van der Waals surface area contributed by atoms with Crippen molar-refractivity contribution in [2.45, 2.75) is 31.9 Å². The van der Waals surface area contributed by atoms with Crippen molar-refractivity contribution in [2.75, 3.05) is 52.5 Å². The first-order chi connectivity index (χ1) is 8.94. The summed E-state index contributed by atoms with van der Waals surface area (Å²) < 4.78 is 5.53. The van der Waals surface area contributed by atoms with E-state index in [9.17, 15) is 5.11 Å².